The molecule has 5 heteroatoms. The minimum absolute atomic E-state index is 0.314. The Bertz CT molecular complexity index is 493. The normalized spacial score (nSPS) is 14.4. The number of nitrogens with one attached hydrogen (secondary N) is 1. The monoisotopic (exact) mass is 246 g/mol. The number of benzene rings is 1. The van der Waals surface area contributed by atoms with E-state index in [1.54, 1.807) is 18.2 Å². The summed E-state index contributed by atoms with van der Waals surface area (Å²) in [4.78, 5) is 12.0. The molecule has 0 fully saturated rings. The molecule has 1 heterocycles. The maximum atomic E-state index is 12.0. The molecule has 94 valence electrons. The highest BCUT2D eigenvalue weighted by Gasteiger charge is 2.21. The van der Waals surface area contributed by atoms with Gasteiger partial charge in [0.25, 0.3) is 5.91 Å². The molecule has 1 aromatic rings. The maximum absolute atomic E-state index is 12.0. The van der Waals surface area contributed by atoms with Gasteiger partial charge in [0.05, 0.1) is 11.6 Å². The van der Waals surface area contributed by atoms with Crippen molar-refractivity contribution >= 4 is 5.91 Å². The maximum Gasteiger partial charge on any atom is 0.256 e. The summed E-state index contributed by atoms with van der Waals surface area (Å²) < 4.78 is 10.9. The molecule has 1 unspecified atom stereocenters. The van der Waals surface area contributed by atoms with Crippen molar-refractivity contribution in [3.63, 3.8) is 0 Å². The molecule has 0 spiro atoms. The lowest BCUT2D eigenvalue weighted by Crippen LogP contribution is -2.33. The third-order valence-corrected chi connectivity index (χ3v) is 2.68. The first-order valence-corrected chi connectivity index (χ1v) is 5.85. The number of para-hydroxylation sites is 1. The number of nitriles is 1. The van der Waals surface area contributed by atoms with E-state index in [1.807, 2.05) is 13.0 Å². The Morgan fingerprint density at radius 2 is 2.28 bits per heavy atom. The van der Waals surface area contributed by atoms with Crippen LogP contribution in [0.4, 0.5) is 0 Å². The Hall–Kier alpha value is -2.22. The molecule has 1 aromatic carbocycles. The Morgan fingerprint density at radius 3 is 3.00 bits per heavy atom. The fourth-order valence-corrected chi connectivity index (χ4v) is 1.71. The fraction of sp³-hybridized carbons (Fsp3) is 0.385. The first-order valence-electron chi connectivity index (χ1n) is 5.85. The number of amides is 1. The molecule has 5 nitrogen and oxygen atoms in total. The summed E-state index contributed by atoms with van der Waals surface area (Å²) >= 11 is 0. The van der Waals surface area contributed by atoms with Gasteiger partial charge < -0.3 is 14.8 Å². The molecule has 0 saturated heterocycles. The summed E-state index contributed by atoms with van der Waals surface area (Å²) in [5, 5.41) is 11.5. The van der Waals surface area contributed by atoms with Gasteiger partial charge in [-0.3, -0.25) is 4.79 Å². The quantitative estimate of drug-likeness (QED) is 0.877. The number of ether oxygens (including phenoxy) is 2. The topological polar surface area (TPSA) is 71.4 Å². The average Bonchev–Trinajstić information content (AvgIpc) is 2.43. The Labute approximate surface area is 105 Å². The molecule has 1 N–H and O–H groups in total. The van der Waals surface area contributed by atoms with Gasteiger partial charge in [-0.25, -0.2) is 0 Å². The van der Waals surface area contributed by atoms with Crippen molar-refractivity contribution in [2.75, 3.05) is 13.2 Å². The van der Waals surface area contributed by atoms with Crippen LogP contribution in [0.3, 0.4) is 0 Å². The molecule has 2 rings (SSSR count). The zero-order valence-corrected chi connectivity index (χ0v) is 10.1. The molecule has 1 aliphatic heterocycles. The smallest absolute Gasteiger partial charge is 0.256 e. The van der Waals surface area contributed by atoms with Crippen molar-refractivity contribution in [1.82, 2.24) is 5.32 Å². The molecule has 0 aromatic heterocycles. The number of hydrogen-bond donors (Lipinski definition) is 1. The fourth-order valence-electron chi connectivity index (χ4n) is 1.71. The Kier molecular flexibility index (Phi) is 3.68. The molecular weight excluding hydrogens is 232 g/mol. The van der Waals surface area contributed by atoms with E-state index in [-0.39, 0.29) is 5.91 Å². The van der Waals surface area contributed by atoms with Crippen molar-refractivity contribution in [3.05, 3.63) is 23.8 Å². The molecule has 0 bridgehead atoms. The van der Waals surface area contributed by atoms with Gasteiger partial charge in [-0.15, -0.1) is 0 Å². The summed E-state index contributed by atoms with van der Waals surface area (Å²) in [6.45, 7) is 2.74. The van der Waals surface area contributed by atoms with Gasteiger partial charge in [0.1, 0.15) is 19.3 Å². The van der Waals surface area contributed by atoms with Crippen molar-refractivity contribution < 1.29 is 14.3 Å². The van der Waals surface area contributed by atoms with E-state index in [2.05, 4.69) is 5.32 Å². The Balaban J connectivity index is 2.23. The molecule has 0 aliphatic carbocycles. The molecule has 1 amide bonds. The summed E-state index contributed by atoms with van der Waals surface area (Å²) in [6, 6.07) is 6.69. The number of rotatable bonds is 3. The van der Waals surface area contributed by atoms with Crippen LogP contribution in [0, 0.1) is 11.3 Å². The number of carbonyl (C=O) groups excluding carboxylic acids is 1. The standard InChI is InChI=1S/C13H14N2O3/c1-2-9(8-14)15-13(16)10-4-3-5-11-12(10)18-7-6-17-11/h3-5,9H,2,6-7H2,1H3,(H,15,16). The van der Waals surface area contributed by atoms with E-state index in [0.717, 1.165) is 0 Å². The molecule has 0 saturated carbocycles. The highest BCUT2D eigenvalue weighted by atomic mass is 16.6. The van der Waals surface area contributed by atoms with E-state index >= 15 is 0 Å². The SMILES string of the molecule is CCC(C#N)NC(=O)c1cccc2c1OCCO2. The Morgan fingerprint density at radius 1 is 1.50 bits per heavy atom. The largest absolute Gasteiger partial charge is 0.486 e. The number of fused-ring (bicyclic) bond motifs is 1. The number of carbonyl (C=O) groups is 1. The lowest BCUT2D eigenvalue weighted by Gasteiger charge is -2.21. The van der Waals surface area contributed by atoms with Gasteiger partial charge in [-0.05, 0) is 18.6 Å². The zero-order valence-electron chi connectivity index (χ0n) is 10.1. The summed E-state index contributed by atoms with van der Waals surface area (Å²) in [7, 11) is 0. The predicted molar refractivity (Wildman–Crippen MR) is 64.6 cm³/mol. The van der Waals surface area contributed by atoms with E-state index in [0.29, 0.717) is 36.7 Å². The zero-order chi connectivity index (χ0) is 13.0. The van der Waals surface area contributed by atoms with Crippen LogP contribution in [0.5, 0.6) is 11.5 Å². The van der Waals surface area contributed by atoms with Crippen molar-refractivity contribution in [2.24, 2.45) is 0 Å². The second-order valence-electron chi connectivity index (χ2n) is 3.89. The van der Waals surface area contributed by atoms with Crippen LogP contribution in [0.1, 0.15) is 23.7 Å². The molecule has 1 aliphatic rings. The van der Waals surface area contributed by atoms with Crippen LogP contribution in [0.25, 0.3) is 0 Å². The van der Waals surface area contributed by atoms with E-state index in [1.165, 1.54) is 0 Å². The minimum atomic E-state index is -0.488. The highest BCUT2D eigenvalue weighted by Crippen LogP contribution is 2.33. The summed E-state index contributed by atoms with van der Waals surface area (Å²) in [5.41, 5.74) is 0.404. The van der Waals surface area contributed by atoms with Gasteiger partial charge in [-0.2, -0.15) is 5.26 Å². The van der Waals surface area contributed by atoms with Gasteiger partial charge >= 0.3 is 0 Å². The molecule has 1 atom stereocenters. The summed E-state index contributed by atoms with van der Waals surface area (Å²) in [5.74, 6) is 0.707. The number of nitrogens with zero attached hydrogens (tertiary/aromatic N) is 1. The van der Waals surface area contributed by atoms with Crippen LogP contribution >= 0.6 is 0 Å². The third kappa shape index (κ3) is 2.38. The van der Waals surface area contributed by atoms with Gasteiger partial charge in [-0.1, -0.05) is 13.0 Å². The van der Waals surface area contributed by atoms with Crippen molar-refractivity contribution in [3.8, 4) is 17.6 Å². The van der Waals surface area contributed by atoms with Crippen LogP contribution in [-0.4, -0.2) is 25.2 Å². The highest BCUT2D eigenvalue weighted by molar-refractivity contribution is 5.98. The van der Waals surface area contributed by atoms with E-state index < -0.39 is 6.04 Å². The van der Waals surface area contributed by atoms with Crippen LogP contribution in [0.2, 0.25) is 0 Å². The predicted octanol–water partition coefficient (Wildman–Crippen LogP) is 1.49. The van der Waals surface area contributed by atoms with Gasteiger partial charge in [0.2, 0.25) is 0 Å². The first-order chi connectivity index (χ1) is 8.76. The van der Waals surface area contributed by atoms with Gasteiger partial charge in [0, 0.05) is 0 Å². The van der Waals surface area contributed by atoms with Crippen LogP contribution in [-0.2, 0) is 0 Å². The molecule has 0 radical (unpaired) electrons. The van der Waals surface area contributed by atoms with Crippen molar-refractivity contribution in [1.29, 1.82) is 5.26 Å². The first kappa shape index (κ1) is 12.2. The van der Waals surface area contributed by atoms with Crippen LogP contribution < -0.4 is 14.8 Å². The second kappa shape index (κ2) is 5.41. The second-order valence-corrected chi connectivity index (χ2v) is 3.89. The van der Waals surface area contributed by atoms with E-state index in [9.17, 15) is 4.79 Å². The molecular formula is C13H14N2O3. The molecule has 18 heavy (non-hydrogen) atoms. The van der Waals surface area contributed by atoms with Crippen molar-refractivity contribution in [2.45, 2.75) is 19.4 Å². The lowest BCUT2D eigenvalue weighted by atomic mass is 10.1. The summed E-state index contributed by atoms with van der Waals surface area (Å²) in [6.07, 6.45) is 0.564. The lowest BCUT2D eigenvalue weighted by molar-refractivity contribution is 0.0933. The van der Waals surface area contributed by atoms with Gasteiger partial charge in [0.15, 0.2) is 11.5 Å². The van der Waals surface area contributed by atoms with Crippen LogP contribution in [0.15, 0.2) is 18.2 Å². The third-order valence-electron chi connectivity index (χ3n) is 2.68. The minimum Gasteiger partial charge on any atom is -0.486 e. The number of hydrogen-bond acceptors (Lipinski definition) is 4. The van der Waals surface area contributed by atoms with E-state index in [4.69, 9.17) is 14.7 Å². The average molecular weight is 246 g/mol.